The van der Waals surface area contributed by atoms with Crippen LogP contribution in [0.3, 0.4) is 0 Å². The van der Waals surface area contributed by atoms with E-state index in [9.17, 15) is 4.79 Å². The summed E-state index contributed by atoms with van der Waals surface area (Å²) in [5, 5.41) is 3.29. The summed E-state index contributed by atoms with van der Waals surface area (Å²) in [6, 6.07) is 2.04. The Morgan fingerprint density at radius 3 is 2.71 bits per heavy atom. The fraction of sp³-hybridized carbons (Fsp3) is 0.545. The molecule has 2 heterocycles. The van der Waals surface area contributed by atoms with Crippen LogP contribution in [0.4, 0.5) is 0 Å². The number of carbonyl (C=O) groups excluding carboxylic acids is 1. The monoisotopic (exact) mass is 322 g/mol. The van der Waals surface area contributed by atoms with E-state index in [1.807, 2.05) is 11.9 Å². The Morgan fingerprint density at radius 2 is 2.18 bits per heavy atom. The summed E-state index contributed by atoms with van der Waals surface area (Å²) in [6.45, 7) is 1.97. The maximum absolute atomic E-state index is 12.1. The summed E-state index contributed by atoms with van der Waals surface area (Å²) in [6.07, 6.45) is 3.52. The van der Waals surface area contributed by atoms with E-state index in [1.165, 1.54) is 6.26 Å². The molecule has 0 radical (unpaired) electrons. The lowest BCUT2D eigenvalue weighted by molar-refractivity contribution is 0.0702. The predicted octanol–water partition coefficient (Wildman–Crippen LogP) is 2.29. The van der Waals surface area contributed by atoms with Gasteiger partial charge in [-0.2, -0.15) is 0 Å². The lowest BCUT2D eigenvalue weighted by Gasteiger charge is -2.31. The summed E-state index contributed by atoms with van der Waals surface area (Å²) >= 11 is 3.20. The van der Waals surface area contributed by atoms with Gasteiger partial charge in [-0.25, -0.2) is 0 Å². The van der Waals surface area contributed by atoms with Crippen LogP contribution in [0, 0.1) is 0 Å². The first kappa shape index (κ1) is 14.5. The van der Waals surface area contributed by atoms with Crippen LogP contribution >= 0.6 is 28.3 Å². The first-order valence-corrected chi connectivity index (χ1v) is 6.19. The van der Waals surface area contributed by atoms with Gasteiger partial charge in [0.1, 0.15) is 6.26 Å². The van der Waals surface area contributed by atoms with Crippen molar-refractivity contribution in [2.24, 2.45) is 0 Å². The van der Waals surface area contributed by atoms with Crippen LogP contribution in [0.25, 0.3) is 0 Å². The standard InChI is InChI=1S/C11H15BrN2O2.ClH/c1-14(9-2-4-13-5-3-9)11(15)8-6-10(12)16-7-8;/h6-7,9,13H,2-5H2,1H3;1H. The van der Waals surface area contributed by atoms with Crippen LogP contribution in [0.5, 0.6) is 0 Å². The number of furan rings is 1. The van der Waals surface area contributed by atoms with Gasteiger partial charge in [0.15, 0.2) is 4.67 Å². The molecule has 0 spiro atoms. The number of nitrogens with one attached hydrogen (secondary N) is 1. The fourth-order valence-corrected chi connectivity index (χ4v) is 2.33. The van der Waals surface area contributed by atoms with Gasteiger partial charge in [-0.3, -0.25) is 4.79 Å². The van der Waals surface area contributed by atoms with E-state index >= 15 is 0 Å². The molecule has 4 nitrogen and oxygen atoms in total. The Labute approximate surface area is 115 Å². The molecule has 1 fully saturated rings. The zero-order valence-electron chi connectivity index (χ0n) is 9.61. The lowest BCUT2D eigenvalue weighted by atomic mass is 10.0. The second-order valence-electron chi connectivity index (χ2n) is 4.04. The molecule has 0 bridgehead atoms. The molecule has 6 heteroatoms. The molecule has 2 rings (SSSR count). The molecule has 0 saturated carbocycles. The second kappa shape index (κ2) is 6.42. The van der Waals surface area contributed by atoms with E-state index < -0.39 is 0 Å². The zero-order valence-corrected chi connectivity index (χ0v) is 12.0. The number of hydrogen-bond acceptors (Lipinski definition) is 3. The average Bonchev–Trinajstić information content (AvgIpc) is 2.75. The highest BCUT2D eigenvalue weighted by Crippen LogP contribution is 2.18. The molecule has 1 aliphatic heterocycles. The quantitative estimate of drug-likeness (QED) is 0.908. The van der Waals surface area contributed by atoms with E-state index in [1.54, 1.807) is 6.07 Å². The van der Waals surface area contributed by atoms with Crippen LogP contribution in [-0.2, 0) is 0 Å². The molecule has 1 aromatic heterocycles. The van der Waals surface area contributed by atoms with Gasteiger partial charge in [-0.05, 0) is 41.9 Å². The fourth-order valence-electron chi connectivity index (χ4n) is 1.99. The van der Waals surface area contributed by atoms with E-state index in [0.29, 0.717) is 16.3 Å². The highest BCUT2D eigenvalue weighted by atomic mass is 79.9. The Bertz CT molecular complexity index is 377. The van der Waals surface area contributed by atoms with Crippen molar-refractivity contribution in [2.75, 3.05) is 20.1 Å². The van der Waals surface area contributed by atoms with Gasteiger partial charge in [-0.1, -0.05) is 0 Å². The summed E-state index contributed by atoms with van der Waals surface area (Å²) in [4.78, 5) is 13.9. The van der Waals surface area contributed by atoms with Crippen molar-refractivity contribution < 1.29 is 9.21 Å². The topological polar surface area (TPSA) is 45.5 Å². The minimum atomic E-state index is 0. The predicted molar refractivity (Wildman–Crippen MR) is 71.6 cm³/mol. The van der Waals surface area contributed by atoms with Crippen molar-refractivity contribution in [3.63, 3.8) is 0 Å². The molecule has 0 aromatic carbocycles. The molecule has 1 amide bonds. The van der Waals surface area contributed by atoms with Gasteiger partial charge in [0.05, 0.1) is 5.56 Å². The minimum absolute atomic E-state index is 0. The normalized spacial score (nSPS) is 16.4. The van der Waals surface area contributed by atoms with Crippen molar-refractivity contribution in [1.29, 1.82) is 0 Å². The molecule has 1 N–H and O–H groups in total. The van der Waals surface area contributed by atoms with Crippen LogP contribution in [0.2, 0.25) is 0 Å². The second-order valence-corrected chi connectivity index (χ2v) is 4.82. The van der Waals surface area contributed by atoms with E-state index in [-0.39, 0.29) is 18.3 Å². The van der Waals surface area contributed by atoms with Crippen molar-refractivity contribution in [1.82, 2.24) is 10.2 Å². The number of piperidine rings is 1. The molecule has 0 unspecified atom stereocenters. The number of halogens is 2. The highest BCUT2D eigenvalue weighted by molar-refractivity contribution is 9.10. The Morgan fingerprint density at radius 1 is 1.53 bits per heavy atom. The molecule has 0 aliphatic carbocycles. The van der Waals surface area contributed by atoms with Crippen molar-refractivity contribution >= 4 is 34.2 Å². The third kappa shape index (κ3) is 3.47. The smallest absolute Gasteiger partial charge is 0.257 e. The molecule has 1 saturated heterocycles. The zero-order chi connectivity index (χ0) is 11.5. The summed E-state index contributed by atoms with van der Waals surface area (Å²) < 4.78 is 5.67. The van der Waals surface area contributed by atoms with Gasteiger partial charge in [0.2, 0.25) is 0 Å². The first-order valence-electron chi connectivity index (χ1n) is 5.40. The van der Waals surface area contributed by atoms with Crippen molar-refractivity contribution in [3.05, 3.63) is 22.6 Å². The van der Waals surface area contributed by atoms with E-state index in [0.717, 1.165) is 25.9 Å². The third-order valence-electron chi connectivity index (χ3n) is 2.99. The average molecular weight is 324 g/mol. The molecule has 1 aliphatic rings. The third-order valence-corrected chi connectivity index (χ3v) is 3.41. The summed E-state index contributed by atoms with van der Waals surface area (Å²) in [7, 11) is 1.86. The Hall–Kier alpha value is -0.520. The summed E-state index contributed by atoms with van der Waals surface area (Å²) in [5.74, 6) is 0.0290. The van der Waals surface area contributed by atoms with E-state index in [2.05, 4.69) is 21.2 Å². The Balaban J connectivity index is 0.00000144. The van der Waals surface area contributed by atoms with Gasteiger partial charge < -0.3 is 14.6 Å². The highest BCUT2D eigenvalue weighted by Gasteiger charge is 2.23. The van der Waals surface area contributed by atoms with Gasteiger partial charge in [-0.15, -0.1) is 12.4 Å². The van der Waals surface area contributed by atoms with Gasteiger partial charge in [0.25, 0.3) is 5.91 Å². The number of carbonyl (C=O) groups is 1. The minimum Gasteiger partial charge on any atom is -0.457 e. The van der Waals surface area contributed by atoms with Crippen LogP contribution < -0.4 is 5.32 Å². The maximum Gasteiger partial charge on any atom is 0.257 e. The number of hydrogen-bond donors (Lipinski definition) is 1. The van der Waals surface area contributed by atoms with Crippen molar-refractivity contribution in [2.45, 2.75) is 18.9 Å². The largest absolute Gasteiger partial charge is 0.457 e. The van der Waals surface area contributed by atoms with Gasteiger partial charge >= 0.3 is 0 Å². The molecular formula is C11H16BrClN2O2. The SMILES string of the molecule is CN(C(=O)c1coc(Br)c1)C1CCNCC1.Cl. The van der Waals surface area contributed by atoms with Crippen LogP contribution in [-0.4, -0.2) is 37.0 Å². The molecular weight excluding hydrogens is 307 g/mol. The lowest BCUT2D eigenvalue weighted by Crippen LogP contribution is -2.43. The molecule has 1 aromatic rings. The number of nitrogens with zero attached hydrogens (tertiary/aromatic N) is 1. The Kier molecular flexibility index (Phi) is 5.49. The number of amides is 1. The van der Waals surface area contributed by atoms with Crippen molar-refractivity contribution in [3.8, 4) is 0 Å². The molecule has 96 valence electrons. The molecule has 0 atom stereocenters. The summed E-state index contributed by atoms with van der Waals surface area (Å²) in [5.41, 5.74) is 0.605. The van der Waals surface area contributed by atoms with Gasteiger partial charge in [0, 0.05) is 19.2 Å². The molecule has 17 heavy (non-hydrogen) atoms. The van der Waals surface area contributed by atoms with Crippen LogP contribution in [0.1, 0.15) is 23.2 Å². The number of rotatable bonds is 2. The maximum atomic E-state index is 12.1. The van der Waals surface area contributed by atoms with E-state index in [4.69, 9.17) is 4.42 Å². The first-order chi connectivity index (χ1) is 7.68. The van der Waals surface area contributed by atoms with Crippen LogP contribution in [0.15, 0.2) is 21.4 Å².